The fourth-order valence-corrected chi connectivity index (χ4v) is 3.35. The molecule has 0 fully saturated rings. The minimum Gasteiger partial charge on any atom is -0.480 e. The Kier molecular flexibility index (Phi) is 14.5. The van der Waals surface area contributed by atoms with Crippen LogP contribution in [0.2, 0.25) is 0 Å². The first kappa shape index (κ1) is 31.1. The number of hydrogen-bond acceptors (Lipinski definition) is 8. The van der Waals surface area contributed by atoms with Crippen LogP contribution in [0, 0.1) is 5.92 Å². The van der Waals surface area contributed by atoms with Crippen molar-refractivity contribution in [2.24, 2.45) is 23.1 Å². The molecular formula is C20H36N6O7S. The highest BCUT2D eigenvalue weighted by Gasteiger charge is 2.31. The quantitative estimate of drug-likeness (QED) is 0.113. The molecule has 4 atom stereocenters. The number of thioether (sulfide) groups is 1. The summed E-state index contributed by atoms with van der Waals surface area (Å²) in [5.41, 5.74) is 16.1. The van der Waals surface area contributed by atoms with Gasteiger partial charge in [0.1, 0.15) is 18.1 Å². The number of carboxylic acids is 1. The molecule has 0 aliphatic heterocycles. The number of primary amides is 2. The second-order valence-electron chi connectivity index (χ2n) is 8.21. The Labute approximate surface area is 202 Å². The van der Waals surface area contributed by atoms with E-state index in [-0.39, 0.29) is 25.2 Å². The van der Waals surface area contributed by atoms with Gasteiger partial charge in [0, 0.05) is 6.42 Å². The first-order chi connectivity index (χ1) is 15.8. The van der Waals surface area contributed by atoms with Crippen molar-refractivity contribution in [3.05, 3.63) is 0 Å². The Morgan fingerprint density at radius 2 is 1.35 bits per heavy atom. The maximum Gasteiger partial charge on any atom is 0.326 e. The van der Waals surface area contributed by atoms with Crippen molar-refractivity contribution in [3.63, 3.8) is 0 Å². The number of hydrogen-bond donors (Lipinski definition) is 7. The zero-order chi connectivity index (χ0) is 26.4. The van der Waals surface area contributed by atoms with Crippen molar-refractivity contribution < 1.29 is 33.9 Å². The topological polar surface area (TPSA) is 237 Å². The summed E-state index contributed by atoms with van der Waals surface area (Å²) in [7, 11) is 0. The average Bonchev–Trinajstić information content (AvgIpc) is 2.72. The summed E-state index contributed by atoms with van der Waals surface area (Å²) in [5.74, 6) is -4.82. The van der Waals surface area contributed by atoms with Crippen molar-refractivity contribution in [1.82, 2.24) is 16.0 Å². The molecule has 0 aliphatic rings. The van der Waals surface area contributed by atoms with Gasteiger partial charge in [-0.15, -0.1) is 0 Å². The van der Waals surface area contributed by atoms with Crippen molar-refractivity contribution in [2.75, 3.05) is 12.0 Å². The summed E-state index contributed by atoms with van der Waals surface area (Å²) in [4.78, 5) is 72.0. The maximum absolute atomic E-state index is 12.8. The lowest BCUT2D eigenvalue weighted by molar-refractivity contribution is -0.143. The van der Waals surface area contributed by atoms with E-state index < -0.39 is 66.1 Å². The lowest BCUT2D eigenvalue weighted by Gasteiger charge is -2.25. The van der Waals surface area contributed by atoms with Gasteiger partial charge in [-0.25, -0.2) is 4.79 Å². The fourth-order valence-electron chi connectivity index (χ4n) is 2.86. The predicted octanol–water partition coefficient (Wildman–Crippen LogP) is -2.21. The highest BCUT2D eigenvalue weighted by Crippen LogP contribution is 2.07. The summed E-state index contributed by atoms with van der Waals surface area (Å²) in [6.07, 6.45) is 1.21. The molecule has 0 radical (unpaired) electrons. The van der Waals surface area contributed by atoms with Crippen LogP contribution in [0.15, 0.2) is 0 Å². The summed E-state index contributed by atoms with van der Waals surface area (Å²) >= 11 is 1.48. The second-order valence-corrected chi connectivity index (χ2v) is 9.20. The van der Waals surface area contributed by atoms with E-state index in [1.54, 1.807) is 13.8 Å². The molecule has 5 amide bonds. The van der Waals surface area contributed by atoms with Gasteiger partial charge in [-0.05, 0) is 37.2 Å². The molecule has 0 aromatic rings. The van der Waals surface area contributed by atoms with E-state index in [1.165, 1.54) is 11.8 Å². The van der Waals surface area contributed by atoms with Crippen LogP contribution in [-0.4, -0.2) is 76.8 Å². The van der Waals surface area contributed by atoms with E-state index in [1.807, 2.05) is 6.26 Å². The molecule has 0 aliphatic carbocycles. The van der Waals surface area contributed by atoms with E-state index >= 15 is 0 Å². The SMILES string of the molecule is CSCCC(N)C(=O)NC(CC(N)=O)C(=O)NC(CCC(N)=O)C(=O)NC(CC(C)C)C(=O)O. The third-order valence-electron chi connectivity index (χ3n) is 4.64. The van der Waals surface area contributed by atoms with Gasteiger partial charge in [-0.2, -0.15) is 11.8 Å². The third-order valence-corrected chi connectivity index (χ3v) is 5.29. The Hall–Kier alpha value is -2.87. The van der Waals surface area contributed by atoms with Crippen LogP contribution in [-0.2, 0) is 28.8 Å². The third kappa shape index (κ3) is 13.0. The summed E-state index contributed by atoms with van der Waals surface area (Å²) < 4.78 is 0. The van der Waals surface area contributed by atoms with Crippen molar-refractivity contribution in [1.29, 1.82) is 0 Å². The van der Waals surface area contributed by atoms with Gasteiger partial charge >= 0.3 is 5.97 Å². The number of nitrogens with one attached hydrogen (secondary N) is 3. The standard InChI is InChI=1S/C20H36N6O7S/c1-10(2)8-14(20(32)33)26-18(30)12(4-5-15(22)27)24-19(31)13(9-16(23)28)25-17(29)11(21)6-7-34-3/h10-14H,4-9,21H2,1-3H3,(H2,22,27)(H2,23,28)(H,24,31)(H,25,29)(H,26,30)(H,32,33). The van der Waals surface area contributed by atoms with Gasteiger partial charge in [0.05, 0.1) is 12.5 Å². The number of amides is 5. The Balaban J connectivity index is 5.55. The molecule has 0 aromatic carbocycles. The van der Waals surface area contributed by atoms with Crippen molar-refractivity contribution in [2.45, 2.75) is 70.1 Å². The lowest BCUT2D eigenvalue weighted by atomic mass is 10.0. The zero-order valence-electron chi connectivity index (χ0n) is 19.7. The first-order valence-electron chi connectivity index (χ1n) is 10.7. The molecule has 0 saturated heterocycles. The van der Waals surface area contributed by atoms with Crippen LogP contribution in [0.5, 0.6) is 0 Å². The van der Waals surface area contributed by atoms with Crippen molar-refractivity contribution in [3.8, 4) is 0 Å². The van der Waals surface area contributed by atoms with E-state index in [4.69, 9.17) is 17.2 Å². The molecule has 0 aromatic heterocycles. The lowest BCUT2D eigenvalue weighted by Crippen LogP contribution is -2.58. The summed E-state index contributed by atoms with van der Waals surface area (Å²) in [6, 6.07) is -4.94. The van der Waals surface area contributed by atoms with E-state index in [2.05, 4.69) is 16.0 Å². The highest BCUT2D eigenvalue weighted by molar-refractivity contribution is 7.98. The van der Waals surface area contributed by atoms with Crippen LogP contribution >= 0.6 is 11.8 Å². The van der Waals surface area contributed by atoms with E-state index in [0.717, 1.165) is 0 Å². The largest absolute Gasteiger partial charge is 0.480 e. The molecule has 0 bridgehead atoms. The first-order valence-corrected chi connectivity index (χ1v) is 12.1. The monoisotopic (exact) mass is 504 g/mol. The second kappa shape index (κ2) is 15.9. The maximum atomic E-state index is 12.8. The Morgan fingerprint density at radius 1 is 0.824 bits per heavy atom. The normalized spacial score (nSPS) is 14.4. The summed E-state index contributed by atoms with van der Waals surface area (Å²) in [6.45, 7) is 3.55. The smallest absolute Gasteiger partial charge is 0.326 e. The molecule has 0 rings (SSSR count). The van der Waals surface area contributed by atoms with Crippen LogP contribution in [0.4, 0.5) is 0 Å². The van der Waals surface area contributed by atoms with Gasteiger partial charge in [-0.3, -0.25) is 24.0 Å². The minimum absolute atomic E-state index is 0.0504. The van der Waals surface area contributed by atoms with Crippen LogP contribution in [0.25, 0.3) is 0 Å². The molecular weight excluding hydrogens is 468 g/mol. The number of aliphatic carboxylic acids is 1. The molecule has 0 spiro atoms. The predicted molar refractivity (Wildman–Crippen MR) is 126 cm³/mol. The molecule has 0 saturated carbocycles. The molecule has 0 heterocycles. The van der Waals surface area contributed by atoms with E-state index in [0.29, 0.717) is 12.2 Å². The molecule has 34 heavy (non-hydrogen) atoms. The molecule has 10 N–H and O–H groups in total. The average molecular weight is 505 g/mol. The zero-order valence-corrected chi connectivity index (χ0v) is 20.5. The number of rotatable bonds is 17. The van der Waals surface area contributed by atoms with E-state index in [9.17, 15) is 33.9 Å². The minimum atomic E-state index is -1.43. The van der Waals surface area contributed by atoms with Crippen molar-refractivity contribution >= 4 is 47.3 Å². The number of carboxylic acid groups (broad SMARTS) is 1. The molecule has 14 heteroatoms. The van der Waals surface area contributed by atoms with Gasteiger partial charge in [0.25, 0.3) is 0 Å². The van der Waals surface area contributed by atoms with Gasteiger partial charge in [0.15, 0.2) is 0 Å². The molecule has 13 nitrogen and oxygen atoms in total. The Morgan fingerprint density at radius 3 is 1.82 bits per heavy atom. The Bertz CT molecular complexity index is 749. The highest BCUT2D eigenvalue weighted by atomic mass is 32.2. The van der Waals surface area contributed by atoms with Crippen LogP contribution < -0.4 is 33.2 Å². The summed E-state index contributed by atoms with van der Waals surface area (Å²) in [5, 5.41) is 16.4. The fraction of sp³-hybridized carbons (Fsp3) is 0.700. The number of carbonyl (C=O) groups is 6. The van der Waals surface area contributed by atoms with Crippen LogP contribution in [0.3, 0.4) is 0 Å². The van der Waals surface area contributed by atoms with Crippen LogP contribution in [0.1, 0.15) is 46.0 Å². The number of carbonyl (C=O) groups excluding carboxylic acids is 5. The molecule has 194 valence electrons. The molecule has 4 unspecified atom stereocenters. The van der Waals surface area contributed by atoms with Gasteiger partial charge in [-0.1, -0.05) is 13.8 Å². The van der Waals surface area contributed by atoms with Gasteiger partial charge < -0.3 is 38.3 Å². The van der Waals surface area contributed by atoms with Gasteiger partial charge in [0.2, 0.25) is 29.5 Å². The number of nitrogens with two attached hydrogens (primary N) is 3.